The van der Waals surface area contributed by atoms with Crippen molar-refractivity contribution in [3.63, 3.8) is 0 Å². The highest BCUT2D eigenvalue weighted by atomic mass is 19.1. The van der Waals surface area contributed by atoms with Crippen molar-refractivity contribution in [2.45, 2.75) is 44.6 Å². The number of piperidine rings is 1. The zero-order chi connectivity index (χ0) is 20.7. The summed E-state index contributed by atoms with van der Waals surface area (Å²) in [6, 6.07) is 4.64. The Hall–Kier alpha value is -2.82. The van der Waals surface area contributed by atoms with Gasteiger partial charge in [-0.2, -0.15) is 5.26 Å². The lowest BCUT2D eigenvalue weighted by Crippen LogP contribution is -2.50. The molecule has 1 fully saturated rings. The zero-order valence-corrected chi connectivity index (χ0v) is 16.5. The van der Waals surface area contributed by atoms with Crippen molar-refractivity contribution in [3.05, 3.63) is 23.5 Å². The van der Waals surface area contributed by atoms with Crippen LogP contribution in [-0.4, -0.2) is 49.2 Å². The van der Waals surface area contributed by atoms with Crippen LogP contribution in [0.25, 0.3) is 0 Å². The molecule has 1 spiro atoms. The van der Waals surface area contributed by atoms with Gasteiger partial charge in [-0.1, -0.05) is 0 Å². The van der Waals surface area contributed by atoms with Crippen LogP contribution >= 0.6 is 0 Å². The number of ether oxygens (including phenoxy) is 2. The normalized spacial score (nSPS) is 18.1. The van der Waals surface area contributed by atoms with E-state index in [2.05, 4.69) is 0 Å². The first-order valence-electron chi connectivity index (χ1n) is 9.19. The summed E-state index contributed by atoms with van der Waals surface area (Å²) in [7, 11) is 1.60. The van der Waals surface area contributed by atoms with Gasteiger partial charge in [0.2, 0.25) is 5.91 Å². The average Bonchev–Trinajstić information content (AvgIpc) is 2.82. The standard InChI is InChI=1S/C20H24FN3O4/c1-19(2,3)28-18(26)24-8-5-20(6-9-24)16-14(21)11-13(27-10-7-22)12-15(16)23(4)17(20)25/h11-12H,5-6,8-10H2,1-4H3. The Labute approximate surface area is 163 Å². The Balaban J connectivity index is 1.86. The van der Waals surface area contributed by atoms with Gasteiger partial charge in [0.15, 0.2) is 6.61 Å². The van der Waals surface area contributed by atoms with Gasteiger partial charge in [0.25, 0.3) is 0 Å². The number of amides is 2. The van der Waals surface area contributed by atoms with E-state index in [1.165, 1.54) is 11.0 Å². The molecule has 28 heavy (non-hydrogen) atoms. The Morgan fingerprint density at radius 1 is 1.32 bits per heavy atom. The van der Waals surface area contributed by atoms with Crippen LogP contribution in [0.5, 0.6) is 5.75 Å². The largest absolute Gasteiger partial charge is 0.479 e. The van der Waals surface area contributed by atoms with E-state index in [4.69, 9.17) is 14.7 Å². The third-order valence-electron chi connectivity index (χ3n) is 5.17. The highest BCUT2D eigenvalue weighted by Crippen LogP contribution is 2.50. The highest BCUT2D eigenvalue weighted by molar-refractivity contribution is 6.08. The number of hydrogen-bond donors (Lipinski definition) is 0. The molecule has 1 saturated heterocycles. The van der Waals surface area contributed by atoms with Gasteiger partial charge in [-0.15, -0.1) is 0 Å². The fraction of sp³-hybridized carbons (Fsp3) is 0.550. The maximum atomic E-state index is 15.0. The minimum atomic E-state index is -1.000. The van der Waals surface area contributed by atoms with Gasteiger partial charge < -0.3 is 19.3 Å². The third kappa shape index (κ3) is 3.37. The van der Waals surface area contributed by atoms with Crippen molar-refractivity contribution < 1.29 is 23.5 Å². The first kappa shape index (κ1) is 19.9. The quantitative estimate of drug-likeness (QED) is 0.777. The first-order chi connectivity index (χ1) is 13.1. The SMILES string of the molecule is CN1C(=O)C2(CCN(C(=O)OC(C)(C)C)CC2)c2c(F)cc(OCC#N)cc21. The van der Waals surface area contributed by atoms with Crippen LogP contribution in [-0.2, 0) is 14.9 Å². The molecule has 0 N–H and O–H groups in total. The van der Waals surface area contributed by atoms with Crippen LogP contribution < -0.4 is 9.64 Å². The Bertz CT molecular complexity index is 848. The number of carbonyl (C=O) groups is 2. The van der Waals surface area contributed by atoms with E-state index in [1.54, 1.807) is 38.8 Å². The number of anilines is 1. The Kier molecular flexibility index (Phi) is 4.96. The summed E-state index contributed by atoms with van der Waals surface area (Å²) in [6.07, 6.45) is 0.206. The molecule has 2 aliphatic rings. The number of nitriles is 1. The van der Waals surface area contributed by atoms with Crippen molar-refractivity contribution in [1.29, 1.82) is 5.26 Å². The predicted octanol–water partition coefficient (Wildman–Crippen LogP) is 2.97. The van der Waals surface area contributed by atoms with E-state index in [-0.39, 0.29) is 18.3 Å². The molecule has 0 bridgehead atoms. The maximum Gasteiger partial charge on any atom is 0.410 e. The number of halogens is 1. The molecular formula is C20H24FN3O4. The van der Waals surface area contributed by atoms with E-state index in [1.807, 2.05) is 6.07 Å². The summed E-state index contributed by atoms with van der Waals surface area (Å²) in [5.41, 5.74) is -0.814. The van der Waals surface area contributed by atoms with Gasteiger partial charge in [-0.25, -0.2) is 9.18 Å². The predicted molar refractivity (Wildman–Crippen MR) is 99.6 cm³/mol. The van der Waals surface area contributed by atoms with Crippen LogP contribution in [0.4, 0.5) is 14.9 Å². The van der Waals surface area contributed by atoms with E-state index >= 15 is 0 Å². The molecule has 0 aliphatic carbocycles. The molecule has 1 aromatic carbocycles. The summed E-state index contributed by atoms with van der Waals surface area (Å²) >= 11 is 0. The van der Waals surface area contributed by atoms with Crippen LogP contribution in [0.1, 0.15) is 39.2 Å². The van der Waals surface area contributed by atoms with E-state index in [0.717, 1.165) is 0 Å². The van der Waals surface area contributed by atoms with Crippen LogP contribution in [0.15, 0.2) is 12.1 Å². The number of carbonyl (C=O) groups excluding carboxylic acids is 2. The lowest BCUT2D eigenvalue weighted by Gasteiger charge is -2.38. The third-order valence-corrected chi connectivity index (χ3v) is 5.17. The van der Waals surface area contributed by atoms with Crippen molar-refractivity contribution >= 4 is 17.7 Å². The number of benzene rings is 1. The van der Waals surface area contributed by atoms with Gasteiger partial charge in [0.05, 0.1) is 11.1 Å². The lowest BCUT2D eigenvalue weighted by molar-refractivity contribution is -0.124. The van der Waals surface area contributed by atoms with Gasteiger partial charge in [0.1, 0.15) is 23.2 Å². The van der Waals surface area contributed by atoms with Gasteiger partial charge in [0, 0.05) is 37.8 Å². The fourth-order valence-corrected chi connectivity index (χ4v) is 3.90. The van der Waals surface area contributed by atoms with Gasteiger partial charge in [-0.05, 0) is 33.6 Å². The highest BCUT2D eigenvalue weighted by Gasteiger charge is 2.53. The van der Waals surface area contributed by atoms with E-state index in [0.29, 0.717) is 37.2 Å². The van der Waals surface area contributed by atoms with E-state index < -0.39 is 22.9 Å². The van der Waals surface area contributed by atoms with E-state index in [9.17, 15) is 14.0 Å². The molecule has 0 unspecified atom stereocenters. The second kappa shape index (κ2) is 6.97. The monoisotopic (exact) mass is 389 g/mol. The second-order valence-corrected chi connectivity index (χ2v) is 8.16. The molecule has 0 radical (unpaired) electrons. The first-order valence-corrected chi connectivity index (χ1v) is 9.19. The molecule has 1 aromatic rings. The summed E-state index contributed by atoms with van der Waals surface area (Å²) in [6.45, 7) is 5.79. The van der Waals surface area contributed by atoms with Crippen LogP contribution in [0.2, 0.25) is 0 Å². The van der Waals surface area contributed by atoms with Gasteiger partial charge in [-0.3, -0.25) is 4.79 Å². The molecule has 2 heterocycles. The minimum absolute atomic E-state index is 0.192. The topological polar surface area (TPSA) is 82.9 Å². The summed E-state index contributed by atoms with van der Waals surface area (Å²) < 4.78 is 25.6. The fourth-order valence-electron chi connectivity index (χ4n) is 3.90. The molecule has 3 rings (SSSR count). The number of rotatable bonds is 2. The average molecular weight is 389 g/mol. The molecule has 8 heteroatoms. The second-order valence-electron chi connectivity index (χ2n) is 8.16. The van der Waals surface area contributed by atoms with Gasteiger partial charge >= 0.3 is 6.09 Å². The number of hydrogen-bond acceptors (Lipinski definition) is 5. The molecule has 0 atom stereocenters. The lowest BCUT2D eigenvalue weighted by atomic mass is 9.73. The zero-order valence-electron chi connectivity index (χ0n) is 16.5. The molecule has 7 nitrogen and oxygen atoms in total. The number of likely N-dealkylation sites (tertiary alicyclic amines) is 1. The Morgan fingerprint density at radius 2 is 1.96 bits per heavy atom. The number of fused-ring (bicyclic) bond motifs is 2. The summed E-state index contributed by atoms with van der Waals surface area (Å²) in [5, 5.41) is 8.65. The van der Waals surface area contributed by atoms with Crippen LogP contribution in [0, 0.1) is 17.1 Å². The maximum absolute atomic E-state index is 15.0. The van der Waals surface area contributed by atoms with Crippen LogP contribution in [0.3, 0.4) is 0 Å². The van der Waals surface area contributed by atoms with Crippen molar-refractivity contribution in [3.8, 4) is 11.8 Å². The Morgan fingerprint density at radius 3 is 2.54 bits per heavy atom. The van der Waals surface area contributed by atoms with Crippen molar-refractivity contribution in [2.75, 3.05) is 31.6 Å². The molecule has 150 valence electrons. The summed E-state index contributed by atoms with van der Waals surface area (Å²) in [4.78, 5) is 28.4. The molecule has 2 aliphatic heterocycles. The number of nitrogens with zero attached hydrogens (tertiary/aromatic N) is 3. The molecular weight excluding hydrogens is 365 g/mol. The summed E-state index contributed by atoms with van der Waals surface area (Å²) in [5.74, 6) is -0.516. The molecule has 0 aromatic heterocycles. The number of likely N-dealkylation sites (N-methyl/N-ethyl adjacent to an activating group) is 1. The minimum Gasteiger partial charge on any atom is -0.479 e. The smallest absolute Gasteiger partial charge is 0.410 e. The molecule has 2 amide bonds. The van der Waals surface area contributed by atoms with Crippen molar-refractivity contribution in [2.24, 2.45) is 0 Å². The van der Waals surface area contributed by atoms with Crippen molar-refractivity contribution in [1.82, 2.24) is 4.90 Å². The molecule has 0 saturated carbocycles.